The number of hydrogen-bond acceptors (Lipinski definition) is 5. The van der Waals surface area contributed by atoms with E-state index in [1.54, 1.807) is 6.92 Å². The van der Waals surface area contributed by atoms with Crippen LogP contribution in [0.4, 0.5) is 9.18 Å². The number of urea groups is 1. The van der Waals surface area contributed by atoms with Gasteiger partial charge in [-0.1, -0.05) is 6.08 Å². The molecule has 2 heterocycles. The molecule has 0 spiro atoms. The van der Waals surface area contributed by atoms with Crippen LogP contribution in [0.5, 0.6) is 0 Å². The van der Waals surface area contributed by atoms with E-state index in [4.69, 9.17) is 5.11 Å². The maximum atomic E-state index is 13.2. The van der Waals surface area contributed by atoms with E-state index in [1.807, 2.05) is 0 Å². The van der Waals surface area contributed by atoms with Gasteiger partial charge < -0.3 is 10.0 Å². The number of nitrogens with zero attached hydrogens (tertiary/aromatic N) is 2. The maximum Gasteiger partial charge on any atom is 0.368 e. The summed E-state index contributed by atoms with van der Waals surface area (Å²) < 4.78 is 13.2. The second-order valence-electron chi connectivity index (χ2n) is 5.07. The van der Waals surface area contributed by atoms with Crippen molar-refractivity contribution in [3.63, 3.8) is 0 Å². The summed E-state index contributed by atoms with van der Waals surface area (Å²) in [5.41, 5.74) is 4.75. The van der Waals surface area contributed by atoms with Crippen molar-refractivity contribution in [1.29, 1.82) is 0 Å². The lowest BCUT2D eigenvalue weighted by atomic mass is 10.0. The molecule has 4 amide bonds. The number of amides is 4. The molecule has 2 aliphatic rings. The van der Waals surface area contributed by atoms with Crippen molar-refractivity contribution in [2.75, 3.05) is 6.54 Å². The number of rotatable bonds is 4. The molecule has 126 valence electrons. The molecule has 2 bridgehead atoms. The molecule has 0 aromatic heterocycles. The summed E-state index contributed by atoms with van der Waals surface area (Å²) in [5, 5.41) is 9.10. The lowest BCUT2D eigenvalue weighted by Crippen LogP contribution is -2.54. The van der Waals surface area contributed by atoms with Gasteiger partial charge in [0.1, 0.15) is 6.04 Å². The summed E-state index contributed by atoms with van der Waals surface area (Å²) >= 11 is 0. The zero-order chi connectivity index (χ0) is 17.3. The standard InChI is InChI=1S/C12H15FN4O6/c1-5-3-7-4-16(8(5)10(19)15-14-6(2)18)12(22)17(7)23-9(13)11(20)21/h3,7-9H,4H2,1-2H3,(H,14,18)(H,15,19)(H,20,21)/t7-,8+,9?/m1/s1. The molecule has 1 fully saturated rings. The minimum absolute atomic E-state index is 0.0284. The number of fused-ring (bicyclic) bond motifs is 2. The van der Waals surface area contributed by atoms with Crippen molar-refractivity contribution in [2.45, 2.75) is 32.3 Å². The second kappa shape index (κ2) is 6.20. The van der Waals surface area contributed by atoms with Crippen LogP contribution in [0.3, 0.4) is 0 Å². The van der Waals surface area contributed by atoms with Crippen LogP contribution < -0.4 is 10.9 Å². The third kappa shape index (κ3) is 3.23. The van der Waals surface area contributed by atoms with Crippen molar-refractivity contribution in [3.8, 4) is 0 Å². The Bertz CT molecular complexity index is 594. The number of carboxylic acids is 1. The Balaban J connectivity index is 2.14. The van der Waals surface area contributed by atoms with E-state index in [1.165, 1.54) is 13.0 Å². The van der Waals surface area contributed by atoms with Gasteiger partial charge in [0.25, 0.3) is 5.91 Å². The van der Waals surface area contributed by atoms with Crippen LogP contribution in [0.1, 0.15) is 13.8 Å². The SMILES string of the molecule is CC(=O)NNC(=O)[C@@H]1C(C)=C[C@@H]2CN1C(=O)N2OC(F)C(=O)O. The number of carbonyl (C=O) groups excluding carboxylic acids is 3. The molecule has 10 nitrogen and oxygen atoms in total. The first-order valence-electron chi connectivity index (χ1n) is 6.60. The minimum Gasteiger partial charge on any atom is -0.477 e. The minimum atomic E-state index is -2.69. The van der Waals surface area contributed by atoms with Crippen LogP contribution >= 0.6 is 0 Å². The number of carbonyl (C=O) groups is 4. The fourth-order valence-corrected chi connectivity index (χ4v) is 2.43. The van der Waals surface area contributed by atoms with Gasteiger partial charge in [0.2, 0.25) is 5.91 Å². The fraction of sp³-hybridized carbons (Fsp3) is 0.500. The largest absolute Gasteiger partial charge is 0.477 e. The Labute approximate surface area is 129 Å². The summed E-state index contributed by atoms with van der Waals surface area (Å²) in [6.07, 6.45) is -1.19. The maximum absolute atomic E-state index is 13.2. The molecule has 1 unspecified atom stereocenters. The smallest absolute Gasteiger partial charge is 0.368 e. The Kier molecular flexibility index (Phi) is 4.50. The van der Waals surface area contributed by atoms with Gasteiger partial charge in [-0.05, 0) is 12.5 Å². The van der Waals surface area contributed by atoms with Crippen molar-refractivity contribution < 1.29 is 33.5 Å². The van der Waals surface area contributed by atoms with Crippen LogP contribution in [-0.4, -0.2) is 63.9 Å². The van der Waals surface area contributed by atoms with Crippen molar-refractivity contribution >= 4 is 23.8 Å². The van der Waals surface area contributed by atoms with E-state index >= 15 is 0 Å². The Morgan fingerprint density at radius 2 is 2.09 bits per heavy atom. The molecule has 0 aromatic carbocycles. The number of nitrogens with one attached hydrogen (secondary N) is 2. The zero-order valence-electron chi connectivity index (χ0n) is 12.3. The van der Waals surface area contributed by atoms with Crippen molar-refractivity contribution in [3.05, 3.63) is 11.6 Å². The highest BCUT2D eigenvalue weighted by Gasteiger charge is 2.48. The fourth-order valence-electron chi connectivity index (χ4n) is 2.43. The Morgan fingerprint density at radius 3 is 2.65 bits per heavy atom. The van der Waals surface area contributed by atoms with Crippen molar-refractivity contribution in [2.24, 2.45) is 0 Å². The van der Waals surface area contributed by atoms with E-state index < -0.39 is 42.3 Å². The Hall–Kier alpha value is -2.69. The summed E-state index contributed by atoms with van der Waals surface area (Å²) in [6, 6.07) is -2.55. The number of aliphatic carboxylic acids is 1. The molecule has 0 radical (unpaired) electrons. The molecule has 1 saturated heterocycles. The predicted molar refractivity (Wildman–Crippen MR) is 70.9 cm³/mol. The lowest BCUT2D eigenvalue weighted by molar-refractivity contribution is -0.219. The quantitative estimate of drug-likeness (QED) is 0.443. The van der Waals surface area contributed by atoms with E-state index in [9.17, 15) is 23.6 Å². The Morgan fingerprint density at radius 1 is 1.43 bits per heavy atom. The molecule has 0 saturated carbocycles. The second-order valence-corrected chi connectivity index (χ2v) is 5.07. The van der Waals surface area contributed by atoms with Gasteiger partial charge in [0.15, 0.2) is 0 Å². The lowest BCUT2D eigenvalue weighted by Gasteiger charge is -2.28. The topological polar surface area (TPSA) is 128 Å². The third-order valence-electron chi connectivity index (χ3n) is 3.33. The van der Waals surface area contributed by atoms with Gasteiger partial charge in [0, 0.05) is 6.92 Å². The van der Waals surface area contributed by atoms with E-state index in [0.29, 0.717) is 10.6 Å². The van der Waals surface area contributed by atoms with E-state index in [2.05, 4.69) is 15.7 Å². The number of alkyl halides is 1. The van der Waals surface area contributed by atoms with Gasteiger partial charge >= 0.3 is 18.4 Å². The molecule has 0 aliphatic carbocycles. The monoisotopic (exact) mass is 330 g/mol. The van der Waals surface area contributed by atoms with Gasteiger partial charge in [-0.15, -0.1) is 0 Å². The first-order chi connectivity index (χ1) is 10.7. The summed E-state index contributed by atoms with van der Waals surface area (Å²) in [7, 11) is 0. The normalized spacial score (nSPS) is 24.1. The number of hydrogen-bond donors (Lipinski definition) is 3. The molecule has 11 heteroatoms. The highest BCUT2D eigenvalue weighted by molar-refractivity contribution is 5.92. The van der Waals surface area contributed by atoms with Crippen LogP contribution in [0.15, 0.2) is 11.6 Å². The average Bonchev–Trinajstić information content (AvgIpc) is 2.70. The van der Waals surface area contributed by atoms with Crippen LogP contribution in [0, 0.1) is 0 Å². The predicted octanol–water partition coefficient (Wildman–Crippen LogP) is -1.10. The molecular formula is C12H15FN4O6. The summed E-state index contributed by atoms with van der Waals surface area (Å²) in [6.45, 7) is 2.81. The number of hydroxylamine groups is 2. The molecule has 0 aromatic rings. The molecule has 3 N–H and O–H groups in total. The van der Waals surface area contributed by atoms with Crippen LogP contribution in [-0.2, 0) is 19.2 Å². The van der Waals surface area contributed by atoms with Gasteiger partial charge in [0.05, 0.1) is 12.6 Å². The molecule has 2 rings (SSSR count). The number of carboxylic acid groups (broad SMARTS) is 1. The molecule has 3 atom stereocenters. The highest BCUT2D eigenvalue weighted by atomic mass is 19.1. The van der Waals surface area contributed by atoms with Crippen molar-refractivity contribution in [1.82, 2.24) is 20.8 Å². The zero-order valence-corrected chi connectivity index (χ0v) is 12.3. The molecular weight excluding hydrogens is 315 g/mol. The van der Waals surface area contributed by atoms with E-state index in [0.717, 1.165) is 4.90 Å². The molecule has 2 aliphatic heterocycles. The van der Waals surface area contributed by atoms with Crippen LogP contribution in [0.2, 0.25) is 0 Å². The number of hydrazine groups is 1. The van der Waals surface area contributed by atoms with Gasteiger partial charge in [-0.2, -0.15) is 5.06 Å². The average molecular weight is 330 g/mol. The first-order valence-corrected chi connectivity index (χ1v) is 6.60. The van der Waals surface area contributed by atoms with Gasteiger partial charge in [-0.3, -0.25) is 20.4 Å². The summed E-state index contributed by atoms with van der Waals surface area (Å²) in [4.78, 5) is 51.2. The van der Waals surface area contributed by atoms with E-state index in [-0.39, 0.29) is 6.54 Å². The van der Waals surface area contributed by atoms with Crippen LogP contribution in [0.25, 0.3) is 0 Å². The molecule has 23 heavy (non-hydrogen) atoms. The van der Waals surface area contributed by atoms with Gasteiger partial charge in [-0.25, -0.2) is 18.8 Å². The first kappa shape index (κ1) is 16.7. The summed E-state index contributed by atoms with van der Waals surface area (Å²) in [5.74, 6) is -3.01. The third-order valence-corrected chi connectivity index (χ3v) is 3.33. The number of halogens is 1. The highest BCUT2D eigenvalue weighted by Crippen LogP contribution is 2.30.